The minimum atomic E-state index is -0.164. The van der Waals surface area contributed by atoms with E-state index >= 15 is 0 Å². The zero-order chi connectivity index (χ0) is 15.6. The maximum absolute atomic E-state index is 13.0. The van der Waals surface area contributed by atoms with Crippen LogP contribution >= 0.6 is 0 Å². The number of amides is 2. The Morgan fingerprint density at radius 1 is 0.957 bits per heavy atom. The van der Waals surface area contributed by atoms with Crippen LogP contribution in [0.15, 0.2) is 48.8 Å². The predicted octanol–water partition coefficient (Wildman–Crippen LogP) is 2.94. The van der Waals surface area contributed by atoms with E-state index in [-0.39, 0.29) is 35.5 Å². The Morgan fingerprint density at radius 2 is 1.65 bits per heavy atom. The number of rotatable bonds is 1. The molecular formula is C19H16N2O2. The molecule has 4 nitrogen and oxygen atoms in total. The lowest BCUT2D eigenvalue weighted by Gasteiger charge is -2.38. The molecule has 23 heavy (non-hydrogen) atoms. The highest BCUT2D eigenvalue weighted by atomic mass is 16.2. The number of allylic oxidation sites excluding steroid dienone is 2. The third kappa shape index (κ3) is 1.63. The molecule has 0 radical (unpaired) electrons. The van der Waals surface area contributed by atoms with Crippen LogP contribution in [-0.4, -0.2) is 16.8 Å². The van der Waals surface area contributed by atoms with Gasteiger partial charge in [0.25, 0.3) is 0 Å². The van der Waals surface area contributed by atoms with Gasteiger partial charge in [-0.2, -0.15) is 0 Å². The Morgan fingerprint density at radius 3 is 2.30 bits per heavy atom. The first-order chi connectivity index (χ1) is 11.3. The quantitative estimate of drug-likeness (QED) is 0.601. The third-order valence-corrected chi connectivity index (χ3v) is 5.66. The second-order valence-corrected chi connectivity index (χ2v) is 6.73. The summed E-state index contributed by atoms with van der Waals surface area (Å²) in [7, 11) is 0. The summed E-state index contributed by atoms with van der Waals surface area (Å²) in [6.45, 7) is 0. The van der Waals surface area contributed by atoms with Gasteiger partial charge >= 0.3 is 0 Å². The molecule has 114 valence electrons. The third-order valence-electron chi connectivity index (χ3n) is 5.66. The molecule has 2 aromatic rings. The maximum atomic E-state index is 13.0. The molecule has 0 spiro atoms. The summed E-state index contributed by atoms with van der Waals surface area (Å²) in [5.74, 6) is 0.0737. The monoisotopic (exact) mass is 304 g/mol. The molecule has 1 aromatic heterocycles. The number of anilines is 1. The number of fused-ring (bicyclic) bond motifs is 2. The number of aromatic nitrogens is 1. The van der Waals surface area contributed by atoms with Gasteiger partial charge in [0.2, 0.25) is 11.8 Å². The summed E-state index contributed by atoms with van der Waals surface area (Å²) in [4.78, 5) is 31.6. The summed E-state index contributed by atoms with van der Waals surface area (Å²) < 4.78 is 0. The fourth-order valence-corrected chi connectivity index (χ4v) is 4.61. The van der Waals surface area contributed by atoms with Gasteiger partial charge in [-0.15, -0.1) is 0 Å². The predicted molar refractivity (Wildman–Crippen MR) is 86.6 cm³/mol. The number of carbonyl (C=O) groups is 2. The van der Waals surface area contributed by atoms with E-state index in [0.717, 1.165) is 23.6 Å². The molecule has 1 saturated heterocycles. The molecule has 4 heteroatoms. The van der Waals surface area contributed by atoms with Crippen LogP contribution in [0.2, 0.25) is 0 Å². The molecule has 0 N–H and O–H groups in total. The zero-order valence-corrected chi connectivity index (χ0v) is 12.6. The first kappa shape index (κ1) is 13.0. The Hall–Kier alpha value is -2.49. The van der Waals surface area contributed by atoms with Gasteiger partial charge < -0.3 is 0 Å². The minimum absolute atomic E-state index is 0.0247. The molecule has 2 amide bonds. The minimum Gasteiger partial charge on any atom is -0.274 e. The van der Waals surface area contributed by atoms with Crippen molar-refractivity contribution < 1.29 is 9.59 Å². The summed E-state index contributed by atoms with van der Waals surface area (Å²) in [5, 5.41) is 1.85. The summed E-state index contributed by atoms with van der Waals surface area (Å²) in [5.41, 5.74) is 0.703. The van der Waals surface area contributed by atoms with Crippen LogP contribution in [-0.2, 0) is 9.59 Å². The smallest absolute Gasteiger partial charge is 0.238 e. The largest absolute Gasteiger partial charge is 0.274 e. The summed E-state index contributed by atoms with van der Waals surface area (Å²) in [6.07, 6.45) is 9.81. The number of hydrogen-bond donors (Lipinski definition) is 0. The molecule has 1 saturated carbocycles. The summed E-state index contributed by atoms with van der Waals surface area (Å²) in [6, 6.07) is 7.58. The van der Waals surface area contributed by atoms with E-state index < -0.39 is 0 Å². The standard InChI is InChI=1S/C19H16N2O2/c22-18-16-11-4-5-12(7-6-11)17(16)19(23)21(18)15-3-1-2-13-10-20-9-8-14(13)15/h1-5,8-12,16-17H,6-7H2. The van der Waals surface area contributed by atoms with Gasteiger partial charge in [-0.3, -0.25) is 14.6 Å². The van der Waals surface area contributed by atoms with E-state index in [2.05, 4.69) is 17.1 Å². The van der Waals surface area contributed by atoms with Crippen LogP contribution in [0.1, 0.15) is 12.8 Å². The molecule has 4 atom stereocenters. The molecule has 2 bridgehead atoms. The van der Waals surface area contributed by atoms with E-state index in [1.807, 2.05) is 24.3 Å². The average Bonchev–Trinajstić information content (AvgIpc) is 2.89. The van der Waals surface area contributed by atoms with Crippen LogP contribution in [0, 0.1) is 23.7 Å². The second kappa shape index (κ2) is 4.51. The van der Waals surface area contributed by atoms with Crippen LogP contribution in [0.3, 0.4) is 0 Å². The van der Waals surface area contributed by atoms with Crippen LogP contribution in [0.5, 0.6) is 0 Å². The Labute approximate surface area is 133 Å². The van der Waals surface area contributed by atoms with E-state index in [0.29, 0.717) is 5.69 Å². The highest BCUT2D eigenvalue weighted by Crippen LogP contribution is 2.50. The van der Waals surface area contributed by atoms with Crippen molar-refractivity contribution in [1.29, 1.82) is 0 Å². The Kier molecular flexibility index (Phi) is 2.55. The van der Waals surface area contributed by atoms with Gasteiger partial charge in [-0.1, -0.05) is 24.3 Å². The van der Waals surface area contributed by atoms with Gasteiger partial charge in [0.15, 0.2) is 0 Å². The maximum Gasteiger partial charge on any atom is 0.238 e. The lowest BCUT2D eigenvalue weighted by atomic mass is 9.63. The SMILES string of the molecule is O=C1C2C3C=CC(CC3)C2C(=O)N1c1cccc2cnccc12. The number of carbonyl (C=O) groups excluding carboxylic acids is 2. The van der Waals surface area contributed by atoms with Gasteiger partial charge in [-0.25, -0.2) is 4.90 Å². The molecule has 1 aliphatic heterocycles. The number of pyridine rings is 1. The van der Waals surface area contributed by atoms with Crippen molar-refractivity contribution in [3.63, 3.8) is 0 Å². The van der Waals surface area contributed by atoms with Crippen molar-refractivity contribution in [2.24, 2.45) is 23.7 Å². The van der Waals surface area contributed by atoms with Crippen molar-refractivity contribution in [1.82, 2.24) is 4.98 Å². The number of benzene rings is 1. The van der Waals surface area contributed by atoms with Crippen molar-refractivity contribution >= 4 is 28.3 Å². The van der Waals surface area contributed by atoms with Crippen molar-refractivity contribution in [2.75, 3.05) is 4.90 Å². The molecule has 3 aliphatic carbocycles. The van der Waals surface area contributed by atoms with Gasteiger partial charge in [0.05, 0.1) is 17.5 Å². The normalized spacial score (nSPS) is 31.9. The lowest BCUT2D eigenvalue weighted by Crippen LogP contribution is -2.38. The second-order valence-electron chi connectivity index (χ2n) is 6.73. The topological polar surface area (TPSA) is 50.3 Å². The number of nitrogens with zero attached hydrogens (tertiary/aromatic N) is 2. The molecule has 6 rings (SSSR count). The molecular weight excluding hydrogens is 288 g/mol. The van der Waals surface area contributed by atoms with E-state index in [1.54, 1.807) is 12.4 Å². The number of imide groups is 1. The van der Waals surface area contributed by atoms with Crippen LogP contribution < -0.4 is 4.90 Å². The fraction of sp³-hybridized carbons (Fsp3) is 0.316. The molecule has 4 unspecified atom stereocenters. The van der Waals surface area contributed by atoms with Gasteiger partial charge in [0.1, 0.15) is 0 Å². The van der Waals surface area contributed by atoms with Crippen molar-refractivity contribution in [3.05, 3.63) is 48.8 Å². The highest BCUT2D eigenvalue weighted by Gasteiger charge is 2.57. The Bertz CT molecular complexity index is 835. The van der Waals surface area contributed by atoms with E-state index in [4.69, 9.17) is 0 Å². The average molecular weight is 304 g/mol. The van der Waals surface area contributed by atoms with Crippen molar-refractivity contribution in [3.8, 4) is 0 Å². The molecule has 2 heterocycles. The lowest BCUT2D eigenvalue weighted by molar-refractivity contribution is -0.124. The molecule has 1 aromatic carbocycles. The van der Waals surface area contributed by atoms with Crippen LogP contribution in [0.4, 0.5) is 5.69 Å². The van der Waals surface area contributed by atoms with Gasteiger partial charge in [-0.05, 0) is 36.8 Å². The first-order valence-electron chi connectivity index (χ1n) is 8.14. The Balaban J connectivity index is 1.67. The van der Waals surface area contributed by atoms with Crippen molar-refractivity contribution in [2.45, 2.75) is 12.8 Å². The zero-order valence-electron chi connectivity index (χ0n) is 12.6. The first-order valence-corrected chi connectivity index (χ1v) is 8.14. The van der Waals surface area contributed by atoms with Gasteiger partial charge in [0, 0.05) is 23.2 Å². The van der Waals surface area contributed by atoms with E-state index in [1.165, 1.54) is 4.90 Å². The molecule has 2 fully saturated rings. The van der Waals surface area contributed by atoms with E-state index in [9.17, 15) is 9.59 Å². The van der Waals surface area contributed by atoms with Crippen LogP contribution in [0.25, 0.3) is 10.8 Å². The fourth-order valence-electron chi connectivity index (χ4n) is 4.61. The summed E-state index contributed by atoms with van der Waals surface area (Å²) >= 11 is 0. The number of hydrogen-bond acceptors (Lipinski definition) is 3. The molecule has 4 aliphatic rings. The highest BCUT2D eigenvalue weighted by molar-refractivity contribution is 6.25.